The van der Waals surface area contributed by atoms with Crippen LogP contribution in [0.3, 0.4) is 0 Å². The fourth-order valence-corrected chi connectivity index (χ4v) is 4.26. The van der Waals surface area contributed by atoms with Crippen molar-refractivity contribution in [2.75, 3.05) is 31.1 Å². The zero-order valence-corrected chi connectivity index (χ0v) is 16.4. The van der Waals surface area contributed by atoms with Gasteiger partial charge in [0.2, 0.25) is 5.91 Å². The van der Waals surface area contributed by atoms with Gasteiger partial charge in [-0.2, -0.15) is 14.9 Å². The lowest BCUT2D eigenvalue weighted by molar-refractivity contribution is -0.137. The molecule has 30 heavy (non-hydrogen) atoms. The second kappa shape index (κ2) is 7.63. The van der Waals surface area contributed by atoms with Crippen LogP contribution >= 0.6 is 0 Å². The highest BCUT2D eigenvalue weighted by Gasteiger charge is 2.31. The van der Waals surface area contributed by atoms with E-state index in [1.54, 1.807) is 18.6 Å². The Bertz CT molecular complexity index is 1130. The number of ether oxygens (including phenoxy) is 1. The van der Waals surface area contributed by atoms with Gasteiger partial charge >= 0.3 is 0 Å². The van der Waals surface area contributed by atoms with Crippen LogP contribution in [-0.4, -0.2) is 56.6 Å². The minimum Gasteiger partial charge on any atom is -0.490 e. The van der Waals surface area contributed by atoms with Crippen LogP contribution in [0.2, 0.25) is 0 Å². The van der Waals surface area contributed by atoms with E-state index in [0.717, 1.165) is 43.0 Å². The Morgan fingerprint density at radius 3 is 2.87 bits per heavy atom. The normalized spacial score (nSPS) is 17.2. The number of rotatable bonds is 2. The van der Waals surface area contributed by atoms with Crippen molar-refractivity contribution in [1.29, 1.82) is 5.26 Å². The number of hydrogen-bond acceptors (Lipinski definition) is 7. The van der Waals surface area contributed by atoms with Gasteiger partial charge in [-0.1, -0.05) is 0 Å². The Hall–Kier alpha value is -3.67. The lowest BCUT2D eigenvalue weighted by Crippen LogP contribution is -2.43. The van der Waals surface area contributed by atoms with E-state index < -0.39 is 0 Å². The van der Waals surface area contributed by atoms with Crippen molar-refractivity contribution < 1.29 is 9.53 Å². The number of carbonyl (C=O) groups excluding carboxylic acids is 1. The number of carbonyl (C=O) groups is 1. The van der Waals surface area contributed by atoms with Crippen LogP contribution in [0.4, 0.5) is 5.82 Å². The lowest BCUT2D eigenvalue weighted by atomic mass is 9.95. The molecule has 2 aliphatic heterocycles. The SMILES string of the molecule is N#Cc1cncc2c1OCCN(C(=O)C1CCN(c3ccnc4ccnn34)CC1)C2. The first-order valence-corrected chi connectivity index (χ1v) is 10.1. The van der Waals surface area contributed by atoms with Crippen LogP contribution < -0.4 is 9.64 Å². The Labute approximate surface area is 173 Å². The van der Waals surface area contributed by atoms with E-state index in [1.165, 1.54) is 6.20 Å². The Morgan fingerprint density at radius 2 is 2.03 bits per heavy atom. The molecular formula is C21H21N7O2. The van der Waals surface area contributed by atoms with Crippen LogP contribution in [0, 0.1) is 17.2 Å². The predicted octanol–water partition coefficient (Wildman–Crippen LogP) is 1.63. The summed E-state index contributed by atoms with van der Waals surface area (Å²) in [5, 5.41) is 13.6. The summed E-state index contributed by atoms with van der Waals surface area (Å²) in [6.45, 7) is 2.89. The minimum atomic E-state index is -0.0233. The summed E-state index contributed by atoms with van der Waals surface area (Å²) < 4.78 is 7.60. The Kier molecular flexibility index (Phi) is 4.67. The number of fused-ring (bicyclic) bond motifs is 2. The average Bonchev–Trinajstić information content (AvgIpc) is 3.17. The summed E-state index contributed by atoms with van der Waals surface area (Å²) in [4.78, 5) is 25.8. The van der Waals surface area contributed by atoms with E-state index in [1.807, 2.05) is 21.5 Å². The molecule has 0 N–H and O–H groups in total. The molecule has 5 rings (SSSR count). The Balaban J connectivity index is 1.28. The van der Waals surface area contributed by atoms with Gasteiger partial charge in [0.05, 0.1) is 19.3 Å². The highest BCUT2D eigenvalue weighted by Crippen LogP contribution is 2.29. The smallest absolute Gasteiger partial charge is 0.226 e. The predicted molar refractivity (Wildman–Crippen MR) is 108 cm³/mol. The van der Waals surface area contributed by atoms with Crippen LogP contribution in [0.15, 0.2) is 36.9 Å². The zero-order chi connectivity index (χ0) is 20.5. The molecule has 0 unspecified atom stereocenters. The maximum atomic E-state index is 13.2. The molecule has 1 fully saturated rings. The summed E-state index contributed by atoms with van der Waals surface area (Å²) in [5.41, 5.74) is 2.02. The lowest BCUT2D eigenvalue weighted by Gasteiger charge is -2.35. The number of pyridine rings is 1. The minimum absolute atomic E-state index is 0.0233. The van der Waals surface area contributed by atoms with Crippen LogP contribution in [0.25, 0.3) is 5.65 Å². The summed E-state index contributed by atoms with van der Waals surface area (Å²) in [5.74, 6) is 1.68. The highest BCUT2D eigenvalue weighted by molar-refractivity contribution is 5.79. The van der Waals surface area contributed by atoms with E-state index in [-0.39, 0.29) is 11.8 Å². The van der Waals surface area contributed by atoms with E-state index in [4.69, 9.17) is 4.74 Å². The number of piperidine rings is 1. The van der Waals surface area contributed by atoms with Gasteiger partial charge in [-0.15, -0.1) is 0 Å². The van der Waals surface area contributed by atoms with Crippen LogP contribution in [0.1, 0.15) is 24.0 Å². The first-order chi connectivity index (χ1) is 14.7. The maximum Gasteiger partial charge on any atom is 0.226 e. The van der Waals surface area contributed by atoms with Crippen LogP contribution in [0.5, 0.6) is 5.75 Å². The fourth-order valence-electron chi connectivity index (χ4n) is 4.26. The number of hydrogen-bond donors (Lipinski definition) is 0. The van der Waals surface area contributed by atoms with Crippen molar-refractivity contribution in [2.45, 2.75) is 19.4 Å². The molecule has 0 aliphatic carbocycles. The van der Waals surface area contributed by atoms with Crippen molar-refractivity contribution in [1.82, 2.24) is 24.5 Å². The van der Waals surface area contributed by atoms with Crippen LogP contribution in [-0.2, 0) is 11.3 Å². The molecule has 3 aromatic rings. The Morgan fingerprint density at radius 1 is 1.17 bits per heavy atom. The van der Waals surface area contributed by atoms with Gasteiger partial charge in [-0.05, 0) is 18.9 Å². The van der Waals surface area contributed by atoms with Gasteiger partial charge in [-0.3, -0.25) is 9.78 Å². The summed E-state index contributed by atoms with van der Waals surface area (Å²) >= 11 is 0. The second-order valence-electron chi connectivity index (χ2n) is 7.56. The second-order valence-corrected chi connectivity index (χ2v) is 7.56. The number of anilines is 1. The van der Waals surface area contributed by atoms with Crippen molar-refractivity contribution in [2.24, 2.45) is 5.92 Å². The number of nitriles is 1. The van der Waals surface area contributed by atoms with Gasteiger partial charge in [0.15, 0.2) is 5.65 Å². The summed E-state index contributed by atoms with van der Waals surface area (Å²) in [6.07, 6.45) is 8.29. The van der Waals surface area contributed by atoms with Crippen molar-refractivity contribution in [3.8, 4) is 11.8 Å². The number of aromatic nitrogens is 4. The van der Waals surface area contributed by atoms with Crippen molar-refractivity contribution >= 4 is 17.4 Å². The molecule has 9 nitrogen and oxygen atoms in total. The molecule has 0 bridgehead atoms. The molecule has 9 heteroatoms. The van der Waals surface area contributed by atoms with Gasteiger partial charge in [-0.25, -0.2) is 4.98 Å². The highest BCUT2D eigenvalue weighted by atomic mass is 16.5. The monoisotopic (exact) mass is 403 g/mol. The first-order valence-electron chi connectivity index (χ1n) is 10.1. The number of nitrogens with zero attached hydrogens (tertiary/aromatic N) is 7. The van der Waals surface area contributed by atoms with Gasteiger partial charge in [0.1, 0.15) is 29.8 Å². The molecule has 0 spiro atoms. The largest absolute Gasteiger partial charge is 0.490 e. The average molecular weight is 403 g/mol. The van der Waals surface area contributed by atoms with E-state index in [2.05, 4.69) is 26.0 Å². The zero-order valence-electron chi connectivity index (χ0n) is 16.4. The van der Waals surface area contributed by atoms with Gasteiger partial charge in [0.25, 0.3) is 0 Å². The van der Waals surface area contributed by atoms with E-state index in [0.29, 0.717) is 31.0 Å². The van der Waals surface area contributed by atoms with Gasteiger partial charge in [0, 0.05) is 49.2 Å². The molecule has 1 saturated heterocycles. The third-order valence-corrected chi connectivity index (χ3v) is 5.81. The molecule has 152 valence electrons. The quantitative estimate of drug-likeness (QED) is 0.641. The first kappa shape index (κ1) is 18.4. The molecular weight excluding hydrogens is 382 g/mol. The molecule has 2 aliphatic rings. The third kappa shape index (κ3) is 3.20. The summed E-state index contributed by atoms with van der Waals surface area (Å²) in [7, 11) is 0. The number of amides is 1. The molecule has 5 heterocycles. The molecule has 0 aromatic carbocycles. The van der Waals surface area contributed by atoms with Crippen molar-refractivity contribution in [3.05, 3.63) is 48.0 Å². The van der Waals surface area contributed by atoms with E-state index in [9.17, 15) is 10.1 Å². The molecule has 0 saturated carbocycles. The maximum absolute atomic E-state index is 13.2. The standard InChI is InChI=1S/C21H21N7O2/c22-11-16-12-23-13-17-14-27(9-10-30-20(16)17)21(29)15-3-7-26(8-4-15)19-2-5-24-18-1-6-25-28(18)19/h1-2,5-6,12-13,15H,3-4,7-10,14H2. The summed E-state index contributed by atoms with van der Waals surface area (Å²) in [6, 6.07) is 5.96. The third-order valence-electron chi connectivity index (χ3n) is 5.81. The molecule has 3 aromatic heterocycles. The van der Waals surface area contributed by atoms with E-state index >= 15 is 0 Å². The molecule has 1 amide bonds. The molecule has 0 radical (unpaired) electrons. The van der Waals surface area contributed by atoms with Crippen molar-refractivity contribution in [3.63, 3.8) is 0 Å². The van der Waals surface area contributed by atoms with Gasteiger partial charge < -0.3 is 14.5 Å². The molecule has 0 atom stereocenters. The fraction of sp³-hybridized carbons (Fsp3) is 0.381. The topological polar surface area (TPSA) is 99.6 Å².